The van der Waals surface area contributed by atoms with Gasteiger partial charge in [0, 0.05) is 31.4 Å². The van der Waals surface area contributed by atoms with E-state index < -0.39 is 11.6 Å². The topological polar surface area (TPSA) is 67.6 Å². The maximum atomic E-state index is 12.4. The van der Waals surface area contributed by atoms with E-state index in [0.29, 0.717) is 18.7 Å². The lowest BCUT2D eigenvalue weighted by Crippen LogP contribution is -2.62. The first kappa shape index (κ1) is 15.3. The van der Waals surface area contributed by atoms with Crippen LogP contribution >= 0.6 is 0 Å². The minimum Gasteiger partial charge on any atom is -0.389 e. The number of aliphatic hydroxyl groups excluding tert-OH is 1. The first-order valence-corrected chi connectivity index (χ1v) is 7.04. The molecule has 2 rings (SSSR count). The van der Waals surface area contributed by atoms with Crippen molar-refractivity contribution in [1.82, 2.24) is 4.90 Å². The largest absolute Gasteiger partial charge is 0.389 e. The van der Waals surface area contributed by atoms with Crippen LogP contribution in [0.2, 0.25) is 0 Å². The number of aliphatic hydroxyl groups is 1. The Labute approximate surface area is 125 Å². The highest BCUT2D eigenvalue weighted by molar-refractivity contribution is 5.90. The summed E-state index contributed by atoms with van der Waals surface area (Å²) in [5.74, 6) is 0.0349. The molecule has 5 heteroatoms. The van der Waals surface area contributed by atoms with Crippen LogP contribution in [-0.4, -0.2) is 41.6 Å². The van der Waals surface area contributed by atoms with Gasteiger partial charge in [-0.25, -0.2) is 0 Å². The summed E-state index contributed by atoms with van der Waals surface area (Å²) >= 11 is 0. The number of piperazine rings is 1. The van der Waals surface area contributed by atoms with Gasteiger partial charge in [0.1, 0.15) is 5.54 Å². The van der Waals surface area contributed by atoms with Gasteiger partial charge >= 0.3 is 0 Å². The number of nitriles is 1. The Kier molecular flexibility index (Phi) is 3.93. The van der Waals surface area contributed by atoms with Gasteiger partial charge in [-0.3, -0.25) is 4.79 Å². The van der Waals surface area contributed by atoms with Crippen molar-refractivity contribution in [1.29, 1.82) is 5.26 Å². The second kappa shape index (κ2) is 5.38. The quantitative estimate of drug-likeness (QED) is 0.898. The van der Waals surface area contributed by atoms with Crippen molar-refractivity contribution < 1.29 is 9.90 Å². The first-order chi connectivity index (χ1) is 9.78. The van der Waals surface area contributed by atoms with Gasteiger partial charge < -0.3 is 14.9 Å². The summed E-state index contributed by atoms with van der Waals surface area (Å²) in [5.41, 5.74) is 1.32. The lowest BCUT2D eigenvalue weighted by atomic mass is 9.94. The number of hydrogen-bond donors (Lipinski definition) is 1. The Balaban J connectivity index is 2.54. The average Bonchev–Trinajstić information content (AvgIpc) is 2.44. The summed E-state index contributed by atoms with van der Waals surface area (Å²) in [6.07, 6.45) is -0.654. The van der Waals surface area contributed by atoms with Crippen LogP contribution in [0.5, 0.6) is 0 Å². The molecular formula is C16H21N3O2. The third kappa shape index (κ3) is 2.59. The third-order valence-corrected chi connectivity index (χ3v) is 4.10. The van der Waals surface area contributed by atoms with Crippen LogP contribution < -0.4 is 4.90 Å². The first-order valence-electron chi connectivity index (χ1n) is 7.04. The van der Waals surface area contributed by atoms with Crippen LogP contribution in [0.15, 0.2) is 18.2 Å². The number of nitrogens with zero attached hydrogens (tertiary/aromatic N) is 3. The van der Waals surface area contributed by atoms with E-state index in [1.165, 1.54) is 0 Å². The van der Waals surface area contributed by atoms with Gasteiger partial charge in [-0.15, -0.1) is 0 Å². The molecule has 1 aliphatic heterocycles. The van der Waals surface area contributed by atoms with E-state index in [2.05, 4.69) is 6.07 Å². The van der Waals surface area contributed by atoms with Gasteiger partial charge in [0.25, 0.3) is 0 Å². The molecule has 0 radical (unpaired) electrons. The van der Waals surface area contributed by atoms with Gasteiger partial charge in [-0.1, -0.05) is 6.07 Å². The highest BCUT2D eigenvalue weighted by atomic mass is 16.3. The summed E-state index contributed by atoms with van der Waals surface area (Å²) in [5, 5.41) is 19.1. The lowest BCUT2D eigenvalue weighted by molar-refractivity contribution is -0.136. The van der Waals surface area contributed by atoms with E-state index in [-0.39, 0.29) is 5.91 Å². The van der Waals surface area contributed by atoms with E-state index in [1.54, 1.807) is 37.1 Å². The van der Waals surface area contributed by atoms with Gasteiger partial charge in [0.15, 0.2) is 0 Å². The Morgan fingerprint density at radius 2 is 2.05 bits per heavy atom. The zero-order valence-corrected chi connectivity index (χ0v) is 12.9. The number of anilines is 1. The molecule has 21 heavy (non-hydrogen) atoms. The van der Waals surface area contributed by atoms with Crippen LogP contribution in [0.3, 0.4) is 0 Å². The minimum atomic E-state index is -0.704. The average molecular weight is 287 g/mol. The molecule has 112 valence electrons. The van der Waals surface area contributed by atoms with E-state index in [9.17, 15) is 9.90 Å². The van der Waals surface area contributed by atoms with Gasteiger partial charge in [-0.2, -0.15) is 5.26 Å². The molecule has 0 spiro atoms. The molecule has 1 amide bonds. The van der Waals surface area contributed by atoms with Gasteiger partial charge in [-0.05, 0) is 32.9 Å². The van der Waals surface area contributed by atoms with Crippen molar-refractivity contribution in [3.05, 3.63) is 29.3 Å². The summed E-state index contributed by atoms with van der Waals surface area (Å²) in [6, 6.07) is 7.32. The van der Waals surface area contributed by atoms with Crippen molar-refractivity contribution in [3.63, 3.8) is 0 Å². The summed E-state index contributed by atoms with van der Waals surface area (Å²) < 4.78 is 0. The van der Waals surface area contributed by atoms with E-state index in [4.69, 9.17) is 5.26 Å². The van der Waals surface area contributed by atoms with E-state index in [0.717, 1.165) is 11.3 Å². The van der Waals surface area contributed by atoms with Crippen molar-refractivity contribution in [2.45, 2.75) is 32.4 Å². The number of carbonyl (C=O) groups is 1. The van der Waals surface area contributed by atoms with Gasteiger partial charge in [0.2, 0.25) is 5.91 Å². The Morgan fingerprint density at radius 1 is 1.38 bits per heavy atom. The molecule has 0 saturated carbocycles. The number of carbonyl (C=O) groups excluding carboxylic acids is 1. The zero-order valence-electron chi connectivity index (χ0n) is 12.9. The lowest BCUT2D eigenvalue weighted by Gasteiger charge is -2.47. The molecule has 0 aromatic heterocycles. The SMILES string of the molecule is CC(O)c1ccc(C#N)cc1N1CCN(C)C(=O)C1(C)C. The summed E-state index contributed by atoms with van der Waals surface area (Å²) in [4.78, 5) is 16.1. The molecule has 1 aromatic carbocycles. The standard InChI is InChI=1S/C16H21N3O2/c1-11(20)13-6-5-12(10-17)9-14(13)19-8-7-18(4)15(21)16(19,2)3/h5-6,9,11,20H,7-8H2,1-4H3. The molecule has 1 heterocycles. The third-order valence-electron chi connectivity index (χ3n) is 4.10. The normalized spacial score (nSPS) is 19.3. The molecule has 1 aromatic rings. The van der Waals surface area contributed by atoms with Gasteiger partial charge in [0.05, 0.1) is 17.7 Å². The molecule has 1 atom stereocenters. The summed E-state index contributed by atoms with van der Waals surface area (Å²) in [6.45, 7) is 6.73. The molecule has 5 nitrogen and oxygen atoms in total. The fourth-order valence-electron chi connectivity index (χ4n) is 2.84. The monoisotopic (exact) mass is 287 g/mol. The summed E-state index contributed by atoms with van der Waals surface area (Å²) in [7, 11) is 1.79. The number of likely N-dealkylation sites (N-methyl/N-ethyl adjacent to an activating group) is 1. The minimum absolute atomic E-state index is 0.0349. The van der Waals surface area contributed by atoms with Crippen molar-refractivity contribution in [3.8, 4) is 6.07 Å². The maximum Gasteiger partial charge on any atom is 0.247 e. The fraction of sp³-hybridized carbons (Fsp3) is 0.500. The Morgan fingerprint density at radius 3 is 2.62 bits per heavy atom. The fourth-order valence-corrected chi connectivity index (χ4v) is 2.84. The van der Waals surface area contributed by atoms with Crippen molar-refractivity contribution >= 4 is 11.6 Å². The van der Waals surface area contributed by atoms with Crippen molar-refractivity contribution in [2.24, 2.45) is 0 Å². The molecule has 1 saturated heterocycles. The Bertz CT molecular complexity index is 602. The van der Waals surface area contributed by atoms with Crippen LogP contribution in [0.25, 0.3) is 0 Å². The molecule has 1 aliphatic rings. The van der Waals surface area contributed by atoms with Crippen molar-refractivity contribution in [2.75, 3.05) is 25.0 Å². The molecule has 1 fully saturated rings. The highest BCUT2D eigenvalue weighted by Crippen LogP contribution is 2.34. The Hall–Kier alpha value is -2.06. The predicted molar refractivity (Wildman–Crippen MR) is 80.9 cm³/mol. The molecule has 1 N–H and O–H groups in total. The second-order valence-corrected chi connectivity index (χ2v) is 6.00. The molecule has 0 bridgehead atoms. The number of rotatable bonds is 2. The van der Waals surface area contributed by atoms with Crippen LogP contribution in [-0.2, 0) is 4.79 Å². The van der Waals surface area contributed by atoms with E-state index >= 15 is 0 Å². The maximum absolute atomic E-state index is 12.4. The number of amides is 1. The van der Waals surface area contributed by atoms with Crippen LogP contribution in [0, 0.1) is 11.3 Å². The highest BCUT2D eigenvalue weighted by Gasteiger charge is 2.41. The zero-order chi connectivity index (χ0) is 15.8. The molecular weight excluding hydrogens is 266 g/mol. The number of benzene rings is 1. The van der Waals surface area contributed by atoms with Crippen LogP contribution in [0.4, 0.5) is 5.69 Å². The van der Waals surface area contributed by atoms with E-state index in [1.807, 2.05) is 18.7 Å². The van der Waals surface area contributed by atoms with Crippen LogP contribution in [0.1, 0.15) is 38.0 Å². The molecule has 1 unspecified atom stereocenters. The number of hydrogen-bond acceptors (Lipinski definition) is 4. The smallest absolute Gasteiger partial charge is 0.247 e. The molecule has 0 aliphatic carbocycles. The second-order valence-electron chi connectivity index (χ2n) is 6.00. The predicted octanol–water partition coefficient (Wildman–Crippen LogP) is 1.67.